The lowest BCUT2D eigenvalue weighted by Crippen LogP contribution is -2.50. The number of nitrogens with zero attached hydrogens (tertiary/aromatic N) is 1. The van der Waals surface area contributed by atoms with Crippen LogP contribution in [0.15, 0.2) is 24.3 Å². The Morgan fingerprint density at radius 3 is 2.75 bits per heavy atom. The fraction of sp³-hybridized carbons (Fsp3) is 0.462. The molecule has 3 heteroatoms. The van der Waals surface area contributed by atoms with Crippen molar-refractivity contribution in [1.29, 1.82) is 0 Å². The zero-order valence-electron chi connectivity index (χ0n) is 9.66. The number of benzene rings is 1. The fourth-order valence-corrected chi connectivity index (χ4v) is 2.33. The van der Waals surface area contributed by atoms with Crippen LogP contribution in [0.4, 0.5) is 10.1 Å². The number of rotatable bonds is 1. The number of hydrogen-bond donors (Lipinski definition) is 0. The topological polar surface area (TPSA) is 20.3 Å². The largest absolute Gasteiger partial charge is 0.365 e. The molecule has 0 amide bonds. The van der Waals surface area contributed by atoms with Crippen molar-refractivity contribution in [2.45, 2.75) is 32.2 Å². The number of hydrogen-bond acceptors (Lipinski definition) is 2. The van der Waals surface area contributed by atoms with Crippen molar-refractivity contribution < 1.29 is 9.18 Å². The van der Waals surface area contributed by atoms with Crippen LogP contribution in [0.5, 0.6) is 0 Å². The van der Waals surface area contributed by atoms with Crippen LogP contribution in [0, 0.1) is 5.82 Å². The van der Waals surface area contributed by atoms with Crippen molar-refractivity contribution in [3.63, 3.8) is 0 Å². The molecule has 0 aliphatic carbocycles. The number of Topliss-reactive ketones (excluding diaryl/α,β-unsaturated/α-hetero) is 1. The minimum atomic E-state index is -0.231. The molecule has 2 nitrogen and oxygen atoms in total. The first-order chi connectivity index (χ1) is 7.49. The Morgan fingerprint density at radius 1 is 1.38 bits per heavy atom. The molecule has 86 valence electrons. The maximum Gasteiger partial charge on any atom is 0.136 e. The molecule has 0 N–H and O–H groups in total. The molecule has 1 heterocycles. The number of ketones is 1. The van der Waals surface area contributed by atoms with Crippen LogP contribution in [0.3, 0.4) is 0 Å². The van der Waals surface area contributed by atoms with Gasteiger partial charge in [0.15, 0.2) is 0 Å². The zero-order valence-corrected chi connectivity index (χ0v) is 9.66. The van der Waals surface area contributed by atoms with Crippen LogP contribution in [-0.4, -0.2) is 17.9 Å². The highest BCUT2D eigenvalue weighted by atomic mass is 19.1. The van der Waals surface area contributed by atoms with E-state index >= 15 is 0 Å². The average molecular weight is 221 g/mol. The van der Waals surface area contributed by atoms with Crippen LogP contribution in [0.1, 0.15) is 26.7 Å². The number of carbonyl (C=O) groups excluding carboxylic acids is 1. The van der Waals surface area contributed by atoms with Gasteiger partial charge in [-0.05, 0) is 32.0 Å². The summed E-state index contributed by atoms with van der Waals surface area (Å²) >= 11 is 0. The Kier molecular flexibility index (Phi) is 2.70. The van der Waals surface area contributed by atoms with Gasteiger partial charge in [-0.2, -0.15) is 0 Å². The summed E-state index contributed by atoms with van der Waals surface area (Å²) in [5, 5.41) is 0. The standard InChI is InChI=1S/C13H16FNO/c1-13(2)9-12(16)6-7-15(13)11-5-3-4-10(14)8-11/h3-5,8H,6-7,9H2,1-2H3. The average Bonchev–Trinajstić information content (AvgIpc) is 2.15. The van der Waals surface area contributed by atoms with Gasteiger partial charge < -0.3 is 4.90 Å². The predicted molar refractivity (Wildman–Crippen MR) is 62.1 cm³/mol. The lowest BCUT2D eigenvalue weighted by molar-refractivity contribution is -0.121. The van der Waals surface area contributed by atoms with Gasteiger partial charge in [-0.25, -0.2) is 4.39 Å². The molecule has 0 atom stereocenters. The molecule has 1 aliphatic rings. The normalized spacial score (nSPS) is 19.9. The number of piperidine rings is 1. The second kappa shape index (κ2) is 3.89. The Balaban J connectivity index is 2.30. The van der Waals surface area contributed by atoms with E-state index in [4.69, 9.17) is 0 Å². The van der Waals surface area contributed by atoms with Gasteiger partial charge in [0.25, 0.3) is 0 Å². The van der Waals surface area contributed by atoms with Crippen LogP contribution in [0.25, 0.3) is 0 Å². The van der Waals surface area contributed by atoms with Gasteiger partial charge in [0.2, 0.25) is 0 Å². The predicted octanol–water partition coefficient (Wildman–Crippen LogP) is 2.77. The molecule has 0 bridgehead atoms. The lowest BCUT2D eigenvalue weighted by Gasteiger charge is -2.43. The molecule has 1 aromatic rings. The smallest absolute Gasteiger partial charge is 0.136 e. The Labute approximate surface area is 95.1 Å². The lowest BCUT2D eigenvalue weighted by atomic mass is 9.89. The summed E-state index contributed by atoms with van der Waals surface area (Å²) in [4.78, 5) is 13.5. The Bertz CT molecular complexity index is 414. The van der Waals surface area contributed by atoms with E-state index < -0.39 is 0 Å². The van der Waals surface area contributed by atoms with Gasteiger partial charge >= 0.3 is 0 Å². The Morgan fingerprint density at radius 2 is 2.12 bits per heavy atom. The summed E-state index contributed by atoms with van der Waals surface area (Å²) in [5.41, 5.74) is 0.640. The molecule has 0 spiro atoms. The number of carbonyl (C=O) groups is 1. The van der Waals surface area contributed by atoms with Crippen molar-refractivity contribution in [2.75, 3.05) is 11.4 Å². The van der Waals surface area contributed by atoms with E-state index in [1.165, 1.54) is 12.1 Å². The van der Waals surface area contributed by atoms with Crippen molar-refractivity contribution in [1.82, 2.24) is 0 Å². The quantitative estimate of drug-likeness (QED) is 0.726. The van der Waals surface area contributed by atoms with E-state index in [1.807, 2.05) is 19.9 Å². The van der Waals surface area contributed by atoms with Gasteiger partial charge in [-0.3, -0.25) is 4.79 Å². The highest BCUT2D eigenvalue weighted by Crippen LogP contribution is 2.31. The molecule has 16 heavy (non-hydrogen) atoms. The van der Waals surface area contributed by atoms with Crippen molar-refractivity contribution >= 4 is 11.5 Å². The van der Waals surface area contributed by atoms with Crippen molar-refractivity contribution in [3.8, 4) is 0 Å². The first-order valence-electron chi connectivity index (χ1n) is 5.54. The minimum Gasteiger partial charge on any atom is -0.365 e. The van der Waals surface area contributed by atoms with E-state index in [9.17, 15) is 9.18 Å². The third-order valence-corrected chi connectivity index (χ3v) is 3.09. The molecule has 1 aliphatic heterocycles. The molecule has 1 fully saturated rings. The van der Waals surface area contributed by atoms with E-state index in [0.717, 1.165) is 5.69 Å². The SMILES string of the molecule is CC1(C)CC(=O)CCN1c1cccc(F)c1. The van der Waals surface area contributed by atoms with Gasteiger partial charge in [0.05, 0.1) is 0 Å². The van der Waals surface area contributed by atoms with E-state index in [0.29, 0.717) is 19.4 Å². The molecule has 1 aromatic carbocycles. The van der Waals surface area contributed by atoms with E-state index in [2.05, 4.69) is 4.90 Å². The van der Waals surface area contributed by atoms with E-state index in [-0.39, 0.29) is 17.1 Å². The molecule has 0 unspecified atom stereocenters. The highest BCUT2D eigenvalue weighted by molar-refractivity contribution is 5.82. The number of anilines is 1. The summed E-state index contributed by atoms with van der Waals surface area (Å²) in [7, 11) is 0. The van der Waals surface area contributed by atoms with Crippen molar-refractivity contribution in [3.05, 3.63) is 30.1 Å². The second-order valence-corrected chi connectivity index (χ2v) is 4.91. The second-order valence-electron chi connectivity index (χ2n) is 4.91. The van der Waals surface area contributed by atoms with Gasteiger partial charge in [0.1, 0.15) is 11.6 Å². The molecule has 0 aromatic heterocycles. The molecular formula is C13H16FNO. The fourth-order valence-electron chi connectivity index (χ4n) is 2.33. The monoisotopic (exact) mass is 221 g/mol. The van der Waals surface area contributed by atoms with Crippen LogP contribution < -0.4 is 4.90 Å². The summed E-state index contributed by atoms with van der Waals surface area (Å²) < 4.78 is 13.2. The van der Waals surface area contributed by atoms with Crippen LogP contribution in [-0.2, 0) is 4.79 Å². The minimum absolute atomic E-state index is 0.219. The van der Waals surface area contributed by atoms with Crippen LogP contribution >= 0.6 is 0 Å². The first-order valence-corrected chi connectivity index (χ1v) is 5.54. The molecule has 0 radical (unpaired) electrons. The molecule has 0 saturated carbocycles. The summed E-state index contributed by atoms with van der Waals surface area (Å²) in [6.07, 6.45) is 1.09. The Hall–Kier alpha value is -1.38. The third kappa shape index (κ3) is 2.08. The molecule has 1 saturated heterocycles. The zero-order chi connectivity index (χ0) is 11.8. The summed E-state index contributed by atoms with van der Waals surface area (Å²) in [5.74, 6) is 0.0582. The van der Waals surface area contributed by atoms with E-state index in [1.54, 1.807) is 6.07 Å². The molecule has 2 rings (SSSR count). The maximum atomic E-state index is 13.2. The first kappa shape index (κ1) is 11.1. The third-order valence-electron chi connectivity index (χ3n) is 3.09. The molecular weight excluding hydrogens is 205 g/mol. The van der Waals surface area contributed by atoms with Gasteiger partial charge in [-0.1, -0.05) is 6.07 Å². The van der Waals surface area contributed by atoms with Gasteiger partial charge in [-0.15, -0.1) is 0 Å². The van der Waals surface area contributed by atoms with Crippen molar-refractivity contribution in [2.24, 2.45) is 0 Å². The summed E-state index contributed by atoms with van der Waals surface area (Å²) in [6.45, 7) is 4.72. The highest BCUT2D eigenvalue weighted by Gasteiger charge is 2.33. The van der Waals surface area contributed by atoms with Gasteiger partial charge in [0, 0.05) is 30.6 Å². The van der Waals surface area contributed by atoms with Crippen LogP contribution in [0.2, 0.25) is 0 Å². The number of halogens is 1. The summed E-state index contributed by atoms with van der Waals surface area (Å²) in [6, 6.07) is 6.56. The maximum absolute atomic E-state index is 13.2.